The molecule has 0 aliphatic rings. The quantitative estimate of drug-likeness (QED) is 0.246. The van der Waals surface area contributed by atoms with Gasteiger partial charge in [-0.3, -0.25) is 14.9 Å². The van der Waals surface area contributed by atoms with E-state index in [2.05, 4.69) is 5.32 Å². The van der Waals surface area contributed by atoms with Crippen LogP contribution in [0.2, 0.25) is 0 Å². The fourth-order valence-corrected chi connectivity index (χ4v) is 1.53. The summed E-state index contributed by atoms with van der Waals surface area (Å²) in [6.45, 7) is 1.98. The Hall–Kier alpha value is -2.68. The number of nitrogens with one attached hydrogen (secondary N) is 1. The van der Waals surface area contributed by atoms with Gasteiger partial charge in [-0.25, -0.2) is 4.79 Å². The smallest absolute Gasteiger partial charge is 0.341 e. The van der Waals surface area contributed by atoms with Gasteiger partial charge in [0, 0.05) is 31.5 Å². The normalized spacial score (nSPS) is 11.5. The van der Waals surface area contributed by atoms with Crippen LogP contribution in [0.15, 0.2) is 18.2 Å². The zero-order valence-corrected chi connectivity index (χ0v) is 12.2. The Morgan fingerprint density at radius 3 is 2.73 bits per heavy atom. The lowest BCUT2D eigenvalue weighted by atomic mass is 10.1. The van der Waals surface area contributed by atoms with Crippen molar-refractivity contribution in [2.45, 2.75) is 13.0 Å². The number of ether oxygens (including phenoxy) is 2. The summed E-state index contributed by atoms with van der Waals surface area (Å²) in [5.74, 6) is -1.41. The molecule has 1 aromatic carbocycles. The first-order valence-electron chi connectivity index (χ1n) is 6.38. The number of esters is 1. The van der Waals surface area contributed by atoms with Gasteiger partial charge in [0.2, 0.25) is 0 Å². The third-order valence-electron chi connectivity index (χ3n) is 2.73. The molecule has 0 radical (unpaired) electrons. The summed E-state index contributed by atoms with van der Waals surface area (Å²) in [7, 11) is 1.49. The van der Waals surface area contributed by atoms with Crippen LogP contribution in [0, 0.1) is 10.1 Å². The highest BCUT2D eigenvalue weighted by Crippen LogP contribution is 2.20. The molecule has 120 valence electrons. The monoisotopic (exact) mass is 311 g/mol. The predicted octanol–water partition coefficient (Wildman–Crippen LogP) is 0.485. The summed E-state index contributed by atoms with van der Waals surface area (Å²) in [4.78, 5) is 33.7. The Balaban J connectivity index is 2.74. The summed E-state index contributed by atoms with van der Waals surface area (Å²) in [6.07, 6.45) is -1.07. The number of amides is 1. The summed E-state index contributed by atoms with van der Waals surface area (Å²) in [5.41, 5.74) is 5.18. The Bertz CT molecular complexity index is 575. The minimum atomic E-state index is -1.07. The molecule has 0 fully saturated rings. The number of anilines is 1. The van der Waals surface area contributed by atoms with Crippen LogP contribution in [0.1, 0.15) is 17.3 Å². The predicted molar refractivity (Wildman–Crippen MR) is 77.3 cm³/mol. The van der Waals surface area contributed by atoms with Gasteiger partial charge in [-0.15, -0.1) is 0 Å². The molecular formula is C13H17N3O6. The average Bonchev–Trinajstić information content (AvgIpc) is 2.47. The molecule has 1 atom stereocenters. The standard InChI is InChI=1S/C13H17N3O6/c1-8(12(17)15-5-6-21-2)22-13(18)10-7-9(16(19)20)3-4-11(10)14/h3-4,7-8H,5-6,14H2,1-2H3,(H,15,17)/t8-/m1/s1. The van der Waals surface area contributed by atoms with Crippen molar-refractivity contribution in [3.05, 3.63) is 33.9 Å². The van der Waals surface area contributed by atoms with Crippen molar-refractivity contribution >= 4 is 23.3 Å². The number of non-ortho nitro benzene ring substituents is 1. The van der Waals surface area contributed by atoms with E-state index in [9.17, 15) is 19.7 Å². The van der Waals surface area contributed by atoms with E-state index < -0.39 is 22.9 Å². The third kappa shape index (κ3) is 4.70. The number of nitrogen functional groups attached to an aromatic ring is 1. The minimum absolute atomic E-state index is 0.0302. The van der Waals surface area contributed by atoms with Crippen LogP contribution in [0.25, 0.3) is 0 Å². The highest BCUT2D eigenvalue weighted by Gasteiger charge is 2.22. The van der Waals surface area contributed by atoms with E-state index in [4.69, 9.17) is 15.2 Å². The van der Waals surface area contributed by atoms with Gasteiger partial charge in [0.15, 0.2) is 6.10 Å². The lowest BCUT2D eigenvalue weighted by molar-refractivity contribution is -0.384. The second kappa shape index (κ2) is 7.93. The fourth-order valence-electron chi connectivity index (χ4n) is 1.53. The summed E-state index contributed by atoms with van der Waals surface area (Å²) >= 11 is 0. The van der Waals surface area contributed by atoms with Crippen LogP contribution in [-0.2, 0) is 14.3 Å². The number of rotatable bonds is 7. The van der Waals surface area contributed by atoms with Crippen molar-refractivity contribution in [2.75, 3.05) is 26.0 Å². The lowest BCUT2D eigenvalue weighted by Crippen LogP contribution is -2.37. The fraction of sp³-hybridized carbons (Fsp3) is 0.385. The number of hydrogen-bond acceptors (Lipinski definition) is 7. The van der Waals surface area contributed by atoms with Gasteiger partial charge < -0.3 is 20.5 Å². The number of nitro groups is 1. The van der Waals surface area contributed by atoms with Gasteiger partial charge in [0.05, 0.1) is 17.1 Å². The SMILES string of the molecule is COCCNC(=O)[C@@H](C)OC(=O)c1cc([N+](=O)[O-])ccc1N. The molecule has 0 bridgehead atoms. The first-order valence-corrected chi connectivity index (χ1v) is 6.38. The van der Waals surface area contributed by atoms with Gasteiger partial charge >= 0.3 is 5.97 Å². The zero-order valence-electron chi connectivity index (χ0n) is 12.2. The molecule has 9 heteroatoms. The summed E-state index contributed by atoms with van der Waals surface area (Å²) in [5, 5.41) is 13.2. The van der Waals surface area contributed by atoms with Crippen LogP contribution >= 0.6 is 0 Å². The van der Waals surface area contributed by atoms with Crippen molar-refractivity contribution in [1.82, 2.24) is 5.32 Å². The van der Waals surface area contributed by atoms with Gasteiger partial charge in [0.25, 0.3) is 11.6 Å². The second-order valence-corrected chi connectivity index (χ2v) is 4.36. The van der Waals surface area contributed by atoms with Crippen molar-refractivity contribution in [3.8, 4) is 0 Å². The first-order chi connectivity index (χ1) is 10.4. The van der Waals surface area contributed by atoms with Crippen molar-refractivity contribution in [1.29, 1.82) is 0 Å². The van der Waals surface area contributed by atoms with Gasteiger partial charge in [-0.1, -0.05) is 0 Å². The number of hydrogen-bond donors (Lipinski definition) is 2. The molecule has 0 saturated carbocycles. The minimum Gasteiger partial charge on any atom is -0.449 e. The molecule has 3 N–H and O–H groups in total. The van der Waals surface area contributed by atoms with E-state index in [1.807, 2.05) is 0 Å². The molecule has 22 heavy (non-hydrogen) atoms. The Morgan fingerprint density at radius 2 is 2.14 bits per heavy atom. The molecule has 0 heterocycles. The number of nitro benzene ring substituents is 1. The third-order valence-corrected chi connectivity index (χ3v) is 2.73. The van der Waals surface area contributed by atoms with Gasteiger partial charge in [-0.2, -0.15) is 0 Å². The molecule has 0 aliphatic heterocycles. The summed E-state index contributed by atoms with van der Waals surface area (Å²) in [6, 6.07) is 3.41. The van der Waals surface area contributed by atoms with Gasteiger partial charge in [-0.05, 0) is 13.0 Å². The average molecular weight is 311 g/mol. The van der Waals surface area contributed by atoms with Crippen LogP contribution < -0.4 is 11.1 Å². The van der Waals surface area contributed by atoms with Crippen LogP contribution in [0.5, 0.6) is 0 Å². The van der Waals surface area contributed by atoms with E-state index in [1.165, 1.54) is 26.2 Å². The number of nitrogens with zero attached hydrogens (tertiary/aromatic N) is 1. The lowest BCUT2D eigenvalue weighted by Gasteiger charge is -2.14. The van der Waals surface area contributed by atoms with E-state index in [-0.39, 0.29) is 23.5 Å². The second-order valence-electron chi connectivity index (χ2n) is 4.36. The van der Waals surface area contributed by atoms with Crippen LogP contribution in [0.4, 0.5) is 11.4 Å². The van der Waals surface area contributed by atoms with E-state index in [0.717, 1.165) is 6.07 Å². The molecule has 0 spiro atoms. The largest absolute Gasteiger partial charge is 0.449 e. The number of nitrogens with two attached hydrogens (primary N) is 1. The maximum absolute atomic E-state index is 12.0. The highest BCUT2D eigenvalue weighted by atomic mass is 16.6. The number of benzene rings is 1. The Kier molecular flexibility index (Phi) is 6.26. The van der Waals surface area contributed by atoms with Crippen molar-refractivity contribution in [2.24, 2.45) is 0 Å². The van der Waals surface area contributed by atoms with E-state index in [1.54, 1.807) is 0 Å². The van der Waals surface area contributed by atoms with Crippen molar-refractivity contribution < 1.29 is 24.0 Å². The highest BCUT2D eigenvalue weighted by molar-refractivity contribution is 5.97. The first kappa shape index (κ1) is 17.4. The number of carbonyl (C=O) groups is 2. The zero-order chi connectivity index (χ0) is 16.7. The molecule has 1 aromatic rings. The molecular weight excluding hydrogens is 294 g/mol. The van der Waals surface area contributed by atoms with Gasteiger partial charge in [0.1, 0.15) is 0 Å². The Labute approximate surface area is 126 Å². The topological polar surface area (TPSA) is 134 Å². The molecule has 1 rings (SSSR count). The molecule has 0 saturated heterocycles. The molecule has 0 aromatic heterocycles. The number of methoxy groups -OCH3 is 1. The summed E-state index contributed by atoms with van der Waals surface area (Å²) < 4.78 is 9.72. The van der Waals surface area contributed by atoms with Crippen molar-refractivity contribution in [3.63, 3.8) is 0 Å². The van der Waals surface area contributed by atoms with Crippen LogP contribution in [0.3, 0.4) is 0 Å². The molecule has 9 nitrogen and oxygen atoms in total. The molecule has 1 amide bonds. The number of carbonyl (C=O) groups excluding carboxylic acids is 2. The molecule has 0 aliphatic carbocycles. The van der Waals surface area contributed by atoms with Crippen LogP contribution in [-0.4, -0.2) is 43.2 Å². The maximum atomic E-state index is 12.0. The van der Waals surface area contributed by atoms with E-state index in [0.29, 0.717) is 6.61 Å². The maximum Gasteiger partial charge on any atom is 0.341 e. The molecule has 0 unspecified atom stereocenters. The van der Waals surface area contributed by atoms with E-state index >= 15 is 0 Å². The Morgan fingerprint density at radius 1 is 1.45 bits per heavy atom.